The first-order valence-electron chi connectivity index (χ1n) is 14.1. The molecule has 0 N–H and O–H groups in total. The first-order valence-corrected chi connectivity index (χ1v) is 14.4. The Balaban J connectivity index is 1.31. The Morgan fingerprint density at radius 1 is 0.591 bits per heavy atom. The number of halogens is 7. The number of benzene rings is 5. The zero-order chi connectivity index (χ0) is 31.4. The summed E-state index contributed by atoms with van der Waals surface area (Å²) in [5.41, 5.74) is 3.13. The second kappa shape index (κ2) is 13.2. The molecule has 1 nitrogen and oxygen atoms in total. The third-order valence-electron chi connectivity index (χ3n) is 7.34. The number of rotatable bonds is 10. The summed E-state index contributed by atoms with van der Waals surface area (Å²) in [5, 5.41) is -0.837. The molecule has 226 valence electrons. The molecule has 0 saturated heterocycles. The molecule has 8 heteroatoms. The summed E-state index contributed by atoms with van der Waals surface area (Å²) in [6, 6.07) is 22.7. The number of aryl methyl sites for hydroxylation is 1. The monoisotopic (exact) mass is 624 g/mol. The largest absolute Gasteiger partial charge is 0.429 e. The zero-order valence-corrected chi connectivity index (χ0v) is 24.4. The van der Waals surface area contributed by atoms with Gasteiger partial charge in [-0.15, -0.1) is 0 Å². The van der Waals surface area contributed by atoms with E-state index >= 15 is 8.78 Å². The summed E-state index contributed by atoms with van der Waals surface area (Å²) in [7, 11) is 0. The van der Waals surface area contributed by atoms with Crippen LogP contribution in [0.4, 0.5) is 26.3 Å². The van der Waals surface area contributed by atoms with Crippen LogP contribution in [0, 0.1) is 23.3 Å². The Labute approximate surface area is 256 Å². The highest BCUT2D eigenvalue weighted by atomic mass is 35.5. The molecule has 0 unspecified atom stereocenters. The van der Waals surface area contributed by atoms with E-state index in [1.807, 2.05) is 24.3 Å². The lowest BCUT2D eigenvalue weighted by atomic mass is 9.96. The average molecular weight is 625 g/mol. The Kier molecular flexibility index (Phi) is 9.35. The van der Waals surface area contributed by atoms with E-state index in [9.17, 15) is 17.6 Å². The van der Waals surface area contributed by atoms with E-state index in [2.05, 4.69) is 11.7 Å². The predicted molar refractivity (Wildman–Crippen MR) is 162 cm³/mol. The Hall–Kier alpha value is -4.23. The van der Waals surface area contributed by atoms with Gasteiger partial charge in [-0.05, 0) is 64.9 Å². The van der Waals surface area contributed by atoms with Crippen molar-refractivity contribution in [3.63, 3.8) is 0 Å². The maximum absolute atomic E-state index is 15.2. The van der Waals surface area contributed by atoms with Crippen LogP contribution in [-0.4, -0.2) is 0 Å². The van der Waals surface area contributed by atoms with Crippen LogP contribution in [0.3, 0.4) is 0 Å². The second-order valence-electron chi connectivity index (χ2n) is 10.4. The van der Waals surface area contributed by atoms with Gasteiger partial charge < -0.3 is 4.74 Å². The quantitative estimate of drug-likeness (QED) is 0.0853. The van der Waals surface area contributed by atoms with E-state index in [1.165, 1.54) is 42.3 Å². The van der Waals surface area contributed by atoms with Crippen LogP contribution in [0.1, 0.15) is 37.3 Å². The van der Waals surface area contributed by atoms with E-state index in [1.54, 1.807) is 18.2 Å². The number of hydrogen-bond acceptors (Lipinski definition) is 1. The summed E-state index contributed by atoms with van der Waals surface area (Å²) < 4.78 is 91.6. The average Bonchev–Trinajstić information content (AvgIpc) is 3.00. The van der Waals surface area contributed by atoms with Crippen molar-refractivity contribution in [2.24, 2.45) is 0 Å². The molecule has 0 saturated carbocycles. The van der Waals surface area contributed by atoms with Crippen LogP contribution in [0.15, 0.2) is 97.1 Å². The summed E-state index contributed by atoms with van der Waals surface area (Å²) in [5.74, 6) is -4.42. The van der Waals surface area contributed by atoms with Crippen molar-refractivity contribution in [1.29, 1.82) is 0 Å². The lowest BCUT2D eigenvalue weighted by molar-refractivity contribution is -0.185. The van der Waals surface area contributed by atoms with Gasteiger partial charge in [0.1, 0.15) is 34.0 Å². The standard InChI is InChI=1S/C36H27ClF6O/c1-2-3-4-5-22-6-8-23(9-7-22)25-12-16-30(31(38)18-25)26-13-17-29(32(39)19-26)24-10-14-27(15-11-24)36(42,43)44-28-20-33(40)35(37)34(41)21-28/h6-21H,2-5H2,1H3. The van der Waals surface area contributed by atoms with Gasteiger partial charge in [-0.2, -0.15) is 8.78 Å². The molecular formula is C36H27ClF6O. The zero-order valence-electron chi connectivity index (χ0n) is 23.6. The molecule has 0 spiro atoms. The predicted octanol–water partition coefficient (Wildman–Crippen LogP) is 11.8. The van der Waals surface area contributed by atoms with E-state index in [0.29, 0.717) is 23.3 Å². The fraction of sp³-hybridized carbons (Fsp3) is 0.167. The molecule has 0 aliphatic heterocycles. The van der Waals surface area contributed by atoms with Gasteiger partial charge in [0.25, 0.3) is 0 Å². The van der Waals surface area contributed by atoms with Crippen LogP contribution in [0.25, 0.3) is 33.4 Å². The summed E-state index contributed by atoms with van der Waals surface area (Å²) >= 11 is 5.39. The molecule has 0 aliphatic carbocycles. The van der Waals surface area contributed by atoms with Gasteiger partial charge in [0.15, 0.2) is 0 Å². The first kappa shape index (κ1) is 31.2. The van der Waals surface area contributed by atoms with Crippen molar-refractivity contribution in [3.8, 4) is 39.1 Å². The molecule has 0 aliphatic rings. The number of alkyl halides is 2. The molecule has 0 heterocycles. The summed E-state index contributed by atoms with van der Waals surface area (Å²) in [4.78, 5) is 0. The molecule has 0 fully saturated rings. The topological polar surface area (TPSA) is 9.23 Å². The van der Waals surface area contributed by atoms with Gasteiger partial charge in [-0.1, -0.05) is 92.0 Å². The Bertz CT molecular complexity index is 1740. The minimum absolute atomic E-state index is 0.113. The minimum Gasteiger partial charge on any atom is -0.429 e. The third kappa shape index (κ3) is 6.94. The van der Waals surface area contributed by atoms with Crippen molar-refractivity contribution in [2.45, 2.75) is 38.7 Å². The SMILES string of the molecule is CCCCCc1ccc(-c2ccc(-c3ccc(-c4ccc(C(F)(F)Oc5cc(F)c(Cl)c(F)c5)cc4)c(F)c3)c(F)c2)cc1. The molecule has 0 aromatic heterocycles. The van der Waals surface area contributed by atoms with Gasteiger partial charge in [0.2, 0.25) is 0 Å². The van der Waals surface area contributed by atoms with Crippen LogP contribution in [0.2, 0.25) is 5.02 Å². The van der Waals surface area contributed by atoms with E-state index in [4.69, 9.17) is 11.6 Å². The Morgan fingerprint density at radius 3 is 1.70 bits per heavy atom. The molecule has 0 radical (unpaired) electrons. The first-order chi connectivity index (χ1) is 21.1. The normalized spacial score (nSPS) is 11.5. The van der Waals surface area contributed by atoms with Crippen LogP contribution in [0.5, 0.6) is 5.75 Å². The third-order valence-corrected chi connectivity index (χ3v) is 7.70. The van der Waals surface area contributed by atoms with E-state index < -0.39 is 45.7 Å². The molecule has 0 atom stereocenters. The van der Waals surface area contributed by atoms with Crippen molar-refractivity contribution in [3.05, 3.63) is 136 Å². The minimum atomic E-state index is -3.95. The Morgan fingerprint density at radius 2 is 1.11 bits per heavy atom. The number of ether oxygens (including phenoxy) is 1. The fourth-order valence-electron chi connectivity index (χ4n) is 4.93. The maximum atomic E-state index is 15.2. The lowest BCUT2D eigenvalue weighted by Gasteiger charge is -2.19. The van der Waals surface area contributed by atoms with Crippen molar-refractivity contribution in [1.82, 2.24) is 0 Å². The van der Waals surface area contributed by atoms with Gasteiger partial charge >= 0.3 is 6.11 Å². The molecule has 0 bridgehead atoms. The number of hydrogen-bond donors (Lipinski definition) is 0. The molecule has 5 aromatic carbocycles. The van der Waals surface area contributed by atoms with Crippen molar-refractivity contribution in [2.75, 3.05) is 0 Å². The lowest BCUT2D eigenvalue weighted by Crippen LogP contribution is -2.22. The molecule has 5 aromatic rings. The smallest absolute Gasteiger partial charge is 0.426 e. The fourth-order valence-corrected chi connectivity index (χ4v) is 5.04. The van der Waals surface area contributed by atoms with E-state index in [0.717, 1.165) is 37.0 Å². The molecule has 5 rings (SSSR count). The summed E-state index contributed by atoms with van der Waals surface area (Å²) in [6.45, 7) is 2.16. The van der Waals surface area contributed by atoms with Crippen molar-refractivity contribution < 1.29 is 31.1 Å². The van der Waals surface area contributed by atoms with Crippen LogP contribution < -0.4 is 4.74 Å². The molecule has 44 heavy (non-hydrogen) atoms. The summed E-state index contributed by atoms with van der Waals surface area (Å²) in [6.07, 6.45) is 0.513. The highest BCUT2D eigenvalue weighted by Gasteiger charge is 2.35. The highest BCUT2D eigenvalue weighted by molar-refractivity contribution is 6.30. The highest BCUT2D eigenvalue weighted by Crippen LogP contribution is 2.36. The van der Waals surface area contributed by atoms with Crippen LogP contribution in [-0.2, 0) is 12.5 Å². The second-order valence-corrected chi connectivity index (χ2v) is 10.8. The maximum Gasteiger partial charge on any atom is 0.426 e. The van der Waals surface area contributed by atoms with Gasteiger partial charge in [0.05, 0.1) is 5.56 Å². The van der Waals surface area contributed by atoms with Crippen molar-refractivity contribution >= 4 is 11.6 Å². The molecular weight excluding hydrogens is 598 g/mol. The van der Waals surface area contributed by atoms with Crippen LogP contribution >= 0.6 is 11.6 Å². The number of unbranched alkanes of at least 4 members (excludes halogenated alkanes) is 2. The molecule has 0 amide bonds. The van der Waals surface area contributed by atoms with Gasteiger partial charge in [0, 0.05) is 23.3 Å². The van der Waals surface area contributed by atoms with Gasteiger partial charge in [-0.25, -0.2) is 17.6 Å². The van der Waals surface area contributed by atoms with E-state index in [-0.39, 0.29) is 16.7 Å². The van der Waals surface area contributed by atoms with Gasteiger partial charge in [-0.3, -0.25) is 0 Å².